The van der Waals surface area contributed by atoms with Crippen LogP contribution in [-0.4, -0.2) is 11.8 Å². The SMILES string of the molecule is CC1CC(=O)N(c2c(F)cc(Br)cc2F)C1=O. The Morgan fingerprint density at radius 1 is 1.29 bits per heavy atom. The number of anilines is 1. The van der Waals surface area contributed by atoms with E-state index in [-0.39, 0.29) is 10.9 Å². The Labute approximate surface area is 105 Å². The molecule has 1 fully saturated rings. The highest BCUT2D eigenvalue weighted by atomic mass is 79.9. The first-order valence-corrected chi connectivity index (χ1v) is 5.72. The van der Waals surface area contributed by atoms with Crippen molar-refractivity contribution < 1.29 is 18.4 Å². The second-order valence-corrected chi connectivity index (χ2v) is 4.81. The summed E-state index contributed by atoms with van der Waals surface area (Å²) in [6.07, 6.45) is -0.0201. The van der Waals surface area contributed by atoms with Gasteiger partial charge in [-0.1, -0.05) is 22.9 Å². The number of hydrogen-bond acceptors (Lipinski definition) is 2. The van der Waals surface area contributed by atoms with Crippen LogP contribution in [0, 0.1) is 17.6 Å². The number of amides is 2. The zero-order chi connectivity index (χ0) is 12.7. The molecule has 1 unspecified atom stereocenters. The molecule has 6 heteroatoms. The monoisotopic (exact) mass is 303 g/mol. The predicted molar refractivity (Wildman–Crippen MR) is 60.3 cm³/mol. The minimum absolute atomic E-state index is 0.0201. The number of benzene rings is 1. The van der Waals surface area contributed by atoms with Crippen LogP contribution < -0.4 is 4.90 Å². The number of hydrogen-bond donors (Lipinski definition) is 0. The summed E-state index contributed by atoms with van der Waals surface area (Å²) in [5, 5.41) is 0. The van der Waals surface area contributed by atoms with Gasteiger partial charge in [-0.05, 0) is 12.1 Å². The number of carbonyl (C=O) groups is 2. The van der Waals surface area contributed by atoms with Gasteiger partial charge in [-0.25, -0.2) is 13.7 Å². The van der Waals surface area contributed by atoms with Gasteiger partial charge in [0, 0.05) is 16.8 Å². The average Bonchev–Trinajstić information content (AvgIpc) is 2.43. The second-order valence-electron chi connectivity index (χ2n) is 3.89. The first-order chi connectivity index (χ1) is 7.91. The van der Waals surface area contributed by atoms with Crippen LogP contribution in [0.25, 0.3) is 0 Å². The molecule has 0 radical (unpaired) electrons. The van der Waals surface area contributed by atoms with Gasteiger partial charge in [0.1, 0.15) is 5.69 Å². The number of halogens is 3. The molecular weight excluding hydrogens is 296 g/mol. The van der Waals surface area contributed by atoms with Crippen molar-refractivity contribution in [3.63, 3.8) is 0 Å². The molecule has 1 saturated heterocycles. The third kappa shape index (κ3) is 1.97. The van der Waals surface area contributed by atoms with Crippen molar-refractivity contribution in [1.82, 2.24) is 0 Å². The molecule has 90 valence electrons. The molecule has 2 rings (SSSR count). The summed E-state index contributed by atoms with van der Waals surface area (Å²) in [5.74, 6) is -3.57. The molecule has 1 heterocycles. The second kappa shape index (κ2) is 4.18. The third-order valence-corrected chi connectivity index (χ3v) is 3.04. The van der Waals surface area contributed by atoms with Crippen LogP contribution >= 0.6 is 15.9 Å². The lowest BCUT2D eigenvalue weighted by Crippen LogP contribution is -2.31. The summed E-state index contributed by atoms with van der Waals surface area (Å²) < 4.78 is 27.5. The van der Waals surface area contributed by atoms with E-state index in [0.717, 1.165) is 12.1 Å². The molecule has 0 saturated carbocycles. The van der Waals surface area contributed by atoms with E-state index in [0.29, 0.717) is 4.90 Å². The number of imide groups is 1. The van der Waals surface area contributed by atoms with Gasteiger partial charge in [0.05, 0.1) is 0 Å². The first-order valence-electron chi connectivity index (χ1n) is 4.93. The molecule has 17 heavy (non-hydrogen) atoms. The maximum absolute atomic E-state index is 13.6. The lowest BCUT2D eigenvalue weighted by atomic mass is 10.1. The Kier molecular flexibility index (Phi) is 2.99. The van der Waals surface area contributed by atoms with E-state index in [1.54, 1.807) is 6.92 Å². The molecule has 0 bridgehead atoms. The third-order valence-electron chi connectivity index (χ3n) is 2.58. The fraction of sp³-hybridized carbons (Fsp3) is 0.273. The molecule has 3 nitrogen and oxygen atoms in total. The lowest BCUT2D eigenvalue weighted by molar-refractivity contribution is -0.122. The number of carbonyl (C=O) groups excluding carboxylic acids is 2. The maximum Gasteiger partial charge on any atom is 0.237 e. The highest BCUT2D eigenvalue weighted by Gasteiger charge is 2.39. The van der Waals surface area contributed by atoms with Crippen molar-refractivity contribution in [2.75, 3.05) is 4.90 Å². The topological polar surface area (TPSA) is 37.4 Å². The Bertz CT molecular complexity index is 495. The zero-order valence-corrected chi connectivity index (χ0v) is 10.4. The van der Waals surface area contributed by atoms with E-state index in [4.69, 9.17) is 0 Å². The fourth-order valence-corrected chi connectivity index (χ4v) is 2.17. The highest BCUT2D eigenvalue weighted by Crippen LogP contribution is 2.32. The molecule has 0 aliphatic carbocycles. The van der Waals surface area contributed by atoms with Crippen LogP contribution in [0.3, 0.4) is 0 Å². The van der Waals surface area contributed by atoms with E-state index >= 15 is 0 Å². The van der Waals surface area contributed by atoms with Crippen molar-refractivity contribution in [1.29, 1.82) is 0 Å². The van der Waals surface area contributed by atoms with Crippen molar-refractivity contribution in [2.24, 2.45) is 5.92 Å². The van der Waals surface area contributed by atoms with Gasteiger partial charge in [-0.3, -0.25) is 9.59 Å². The molecular formula is C11H8BrF2NO2. The highest BCUT2D eigenvalue weighted by molar-refractivity contribution is 9.10. The normalized spacial score (nSPS) is 20.2. The molecule has 1 aromatic rings. The largest absolute Gasteiger partial charge is 0.274 e. The molecule has 0 aromatic heterocycles. The Hall–Kier alpha value is -1.30. The van der Waals surface area contributed by atoms with Gasteiger partial charge in [0.15, 0.2) is 11.6 Å². The van der Waals surface area contributed by atoms with E-state index in [1.165, 1.54) is 0 Å². The smallest absolute Gasteiger partial charge is 0.237 e. The number of rotatable bonds is 1. The quantitative estimate of drug-likeness (QED) is 0.748. The van der Waals surface area contributed by atoms with E-state index in [1.807, 2.05) is 0 Å². The first kappa shape index (κ1) is 12.2. The maximum atomic E-state index is 13.6. The fourth-order valence-electron chi connectivity index (χ4n) is 1.77. The summed E-state index contributed by atoms with van der Waals surface area (Å²) in [6.45, 7) is 1.55. The molecule has 1 aliphatic rings. The summed E-state index contributed by atoms with van der Waals surface area (Å²) in [5.41, 5.74) is -0.590. The van der Waals surface area contributed by atoms with Gasteiger partial charge in [0.25, 0.3) is 0 Å². The summed E-state index contributed by atoms with van der Waals surface area (Å²) in [7, 11) is 0. The standard InChI is InChI=1S/C11H8BrF2NO2/c1-5-2-9(16)15(11(5)17)10-7(13)3-6(12)4-8(10)14/h3-5H,2H2,1H3. The van der Waals surface area contributed by atoms with Crippen molar-refractivity contribution in [3.8, 4) is 0 Å². The van der Waals surface area contributed by atoms with Crippen molar-refractivity contribution >= 4 is 33.4 Å². The predicted octanol–water partition coefficient (Wildman–Crippen LogP) is 2.63. The molecule has 2 amide bonds. The van der Waals surface area contributed by atoms with Gasteiger partial charge in [-0.2, -0.15) is 0 Å². The Morgan fingerprint density at radius 3 is 2.24 bits per heavy atom. The van der Waals surface area contributed by atoms with Crippen LogP contribution in [-0.2, 0) is 9.59 Å². The summed E-state index contributed by atoms with van der Waals surface area (Å²) in [4.78, 5) is 23.8. The van der Waals surface area contributed by atoms with E-state index in [9.17, 15) is 18.4 Å². The Balaban J connectivity index is 2.55. The average molecular weight is 304 g/mol. The lowest BCUT2D eigenvalue weighted by Gasteiger charge is -2.16. The minimum Gasteiger partial charge on any atom is -0.274 e. The minimum atomic E-state index is -0.937. The van der Waals surface area contributed by atoms with Gasteiger partial charge in [-0.15, -0.1) is 0 Å². The molecule has 0 spiro atoms. The molecule has 1 aliphatic heterocycles. The van der Waals surface area contributed by atoms with Gasteiger partial charge >= 0.3 is 0 Å². The van der Waals surface area contributed by atoms with E-state index < -0.39 is 35.1 Å². The zero-order valence-electron chi connectivity index (χ0n) is 8.84. The molecule has 0 N–H and O–H groups in total. The molecule has 1 atom stereocenters. The summed E-state index contributed by atoms with van der Waals surface area (Å²) >= 11 is 2.93. The van der Waals surface area contributed by atoms with Crippen LogP contribution in [0.4, 0.5) is 14.5 Å². The van der Waals surface area contributed by atoms with Crippen molar-refractivity contribution in [2.45, 2.75) is 13.3 Å². The number of nitrogens with zero attached hydrogens (tertiary/aromatic N) is 1. The van der Waals surface area contributed by atoms with E-state index in [2.05, 4.69) is 15.9 Å². The van der Waals surface area contributed by atoms with Crippen molar-refractivity contribution in [3.05, 3.63) is 28.2 Å². The van der Waals surface area contributed by atoms with Gasteiger partial charge < -0.3 is 0 Å². The molecule has 1 aromatic carbocycles. The van der Waals surface area contributed by atoms with Crippen LogP contribution in [0.15, 0.2) is 16.6 Å². The van der Waals surface area contributed by atoms with Gasteiger partial charge in [0.2, 0.25) is 11.8 Å². The van der Waals surface area contributed by atoms with Crippen LogP contribution in [0.5, 0.6) is 0 Å². The van der Waals surface area contributed by atoms with Crippen LogP contribution in [0.2, 0.25) is 0 Å². The Morgan fingerprint density at radius 2 is 1.82 bits per heavy atom. The van der Waals surface area contributed by atoms with Crippen LogP contribution in [0.1, 0.15) is 13.3 Å². The summed E-state index contributed by atoms with van der Waals surface area (Å²) in [6, 6.07) is 2.03.